The maximum absolute atomic E-state index is 13.0. The molecule has 1 fully saturated rings. The van der Waals surface area contributed by atoms with E-state index in [1.54, 1.807) is 12.1 Å². The summed E-state index contributed by atoms with van der Waals surface area (Å²) in [4.78, 5) is 27.6. The Hall–Kier alpha value is -3.80. The Morgan fingerprint density at radius 3 is 2.57 bits per heavy atom. The minimum atomic E-state index is -0.277. The molecule has 0 aromatic heterocycles. The third kappa shape index (κ3) is 3.37. The molecule has 2 aliphatic heterocycles. The molecule has 0 bridgehead atoms. The summed E-state index contributed by atoms with van der Waals surface area (Å²) in [5.41, 5.74) is 2.27. The van der Waals surface area contributed by atoms with Gasteiger partial charge >= 0.3 is 0 Å². The van der Waals surface area contributed by atoms with Gasteiger partial charge in [-0.25, -0.2) is 0 Å². The summed E-state index contributed by atoms with van der Waals surface area (Å²) in [6.45, 7) is 0.586. The number of nitrogens with one attached hydrogen (secondary N) is 2. The van der Waals surface area contributed by atoms with Crippen molar-refractivity contribution in [3.63, 3.8) is 0 Å². The fourth-order valence-corrected chi connectivity index (χ4v) is 4.12. The van der Waals surface area contributed by atoms with Crippen molar-refractivity contribution in [2.45, 2.75) is 18.5 Å². The first-order chi connectivity index (χ1) is 14.7. The van der Waals surface area contributed by atoms with Crippen LogP contribution in [0.2, 0.25) is 0 Å². The normalized spacial score (nSPS) is 19.5. The lowest BCUT2D eigenvalue weighted by atomic mass is 10.1. The number of hydrogen-bond donors (Lipinski definition) is 2. The standard InChI is InChI=1S/C24H21N3O3/c28-23(18-10-4-7-13-22(18)30-17-8-2-1-3-9-17)25-16-14-21-24(29)26-19-11-5-6-12-20(19)27(21)15-16/h1-13,16,21H,14-15H2,(H,25,28)(H,26,29). The molecule has 6 nitrogen and oxygen atoms in total. The fourth-order valence-electron chi connectivity index (χ4n) is 4.12. The summed E-state index contributed by atoms with van der Waals surface area (Å²) in [7, 11) is 0. The lowest BCUT2D eigenvalue weighted by Crippen LogP contribution is -2.44. The molecule has 2 N–H and O–H groups in total. The summed E-state index contributed by atoms with van der Waals surface area (Å²) >= 11 is 0. The van der Waals surface area contributed by atoms with E-state index in [1.165, 1.54) is 0 Å². The SMILES string of the molecule is O=C(NC1CC2C(=O)Nc3ccccc3N2C1)c1ccccc1Oc1ccccc1. The second kappa shape index (κ2) is 7.55. The Labute approximate surface area is 174 Å². The predicted octanol–water partition coefficient (Wildman–Crippen LogP) is 3.81. The summed E-state index contributed by atoms with van der Waals surface area (Å²) in [5.74, 6) is 0.933. The van der Waals surface area contributed by atoms with E-state index in [2.05, 4.69) is 15.5 Å². The van der Waals surface area contributed by atoms with Gasteiger partial charge in [-0.1, -0.05) is 42.5 Å². The van der Waals surface area contributed by atoms with E-state index in [4.69, 9.17) is 4.74 Å². The maximum atomic E-state index is 13.0. The van der Waals surface area contributed by atoms with Crippen LogP contribution in [0.1, 0.15) is 16.8 Å². The number of benzene rings is 3. The number of anilines is 2. The summed E-state index contributed by atoms with van der Waals surface area (Å²) < 4.78 is 5.92. The molecule has 0 radical (unpaired) electrons. The number of amides is 2. The van der Waals surface area contributed by atoms with Crippen molar-refractivity contribution in [3.05, 3.63) is 84.4 Å². The molecule has 0 aliphatic carbocycles. The van der Waals surface area contributed by atoms with Crippen molar-refractivity contribution >= 4 is 23.2 Å². The quantitative estimate of drug-likeness (QED) is 0.700. The van der Waals surface area contributed by atoms with Gasteiger partial charge in [-0.3, -0.25) is 9.59 Å². The van der Waals surface area contributed by atoms with E-state index in [9.17, 15) is 9.59 Å². The van der Waals surface area contributed by atoms with Gasteiger partial charge in [0.2, 0.25) is 5.91 Å². The first-order valence-corrected chi connectivity index (χ1v) is 9.98. The monoisotopic (exact) mass is 399 g/mol. The van der Waals surface area contributed by atoms with Gasteiger partial charge in [0.15, 0.2) is 0 Å². The van der Waals surface area contributed by atoms with Gasteiger partial charge in [-0.15, -0.1) is 0 Å². The molecule has 2 amide bonds. The van der Waals surface area contributed by atoms with Crippen molar-refractivity contribution in [3.8, 4) is 11.5 Å². The lowest BCUT2D eigenvalue weighted by molar-refractivity contribution is -0.117. The van der Waals surface area contributed by atoms with Crippen LogP contribution in [0.4, 0.5) is 11.4 Å². The molecule has 1 saturated heterocycles. The van der Waals surface area contributed by atoms with Gasteiger partial charge in [0, 0.05) is 12.6 Å². The second-order valence-electron chi connectivity index (χ2n) is 7.49. The number of ether oxygens (including phenoxy) is 1. The van der Waals surface area contributed by atoms with Crippen LogP contribution >= 0.6 is 0 Å². The predicted molar refractivity (Wildman–Crippen MR) is 115 cm³/mol. The molecule has 2 aliphatic rings. The number of hydrogen-bond acceptors (Lipinski definition) is 4. The molecule has 2 unspecified atom stereocenters. The van der Waals surface area contributed by atoms with E-state index in [1.807, 2.05) is 66.7 Å². The van der Waals surface area contributed by atoms with Crippen molar-refractivity contribution < 1.29 is 14.3 Å². The number of carbonyl (C=O) groups excluding carboxylic acids is 2. The van der Waals surface area contributed by atoms with Crippen LogP contribution in [0.3, 0.4) is 0 Å². The topological polar surface area (TPSA) is 70.7 Å². The summed E-state index contributed by atoms with van der Waals surface area (Å²) in [6, 6.07) is 23.9. The third-order valence-corrected chi connectivity index (χ3v) is 5.51. The molecule has 0 saturated carbocycles. The molecule has 5 rings (SSSR count). The van der Waals surface area contributed by atoms with Crippen LogP contribution in [0.25, 0.3) is 0 Å². The van der Waals surface area contributed by atoms with Crippen LogP contribution in [0.15, 0.2) is 78.9 Å². The molecule has 3 aromatic rings. The Bertz CT molecular complexity index is 1100. The van der Waals surface area contributed by atoms with Crippen molar-refractivity contribution in [2.24, 2.45) is 0 Å². The van der Waals surface area contributed by atoms with Crippen LogP contribution in [-0.4, -0.2) is 30.4 Å². The van der Waals surface area contributed by atoms with Gasteiger partial charge in [0.25, 0.3) is 5.91 Å². The van der Waals surface area contributed by atoms with E-state index >= 15 is 0 Å². The highest BCUT2D eigenvalue weighted by molar-refractivity contribution is 6.04. The Morgan fingerprint density at radius 1 is 0.967 bits per heavy atom. The number of rotatable bonds is 4. The van der Waals surface area contributed by atoms with Crippen molar-refractivity contribution in [1.82, 2.24) is 5.32 Å². The Balaban J connectivity index is 1.33. The average Bonchev–Trinajstić information content (AvgIpc) is 3.19. The van der Waals surface area contributed by atoms with Crippen LogP contribution in [-0.2, 0) is 4.79 Å². The highest BCUT2D eigenvalue weighted by Gasteiger charge is 2.41. The molecular formula is C24H21N3O3. The highest BCUT2D eigenvalue weighted by Crippen LogP contribution is 2.36. The van der Waals surface area contributed by atoms with Crippen molar-refractivity contribution in [1.29, 1.82) is 0 Å². The van der Waals surface area contributed by atoms with Gasteiger partial charge < -0.3 is 20.3 Å². The first kappa shape index (κ1) is 18.2. The largest absolute Gasteiger partial charge is 0.457 e. The molecule has 2 heterocycles. The highest BCUT2D eigenvalue weighted by atomic mass is 16.5. The van der Waals surface area contributed by atoms with E-state index in [0.717, 1.165) is 11.4 Å². The number of para-hydroxylation sites is 4. The number of fused-ring (bicyclic) bond motifs is 3. The van der Waals surface area contributed by atoms with Gasteiger partial charge in [-0.2, -0.15) is 0 Å². The van der Waals surface area contributed by atoms with Crippen molar-refractivity contribution in [2.75, 3.05) is 16.8 Å². The van der Waals surface area contributed by atoms with Crippen LogP contribution in [0, 0.1) is 0 Å². The van der Waals surface area contributed by atoms with Gasteiger partial charge in [0.1, 0.15) is 17.5 Å². The molecule has 2 atom stereocenters. The molecule has 3 aromatic carbocycles. The Kier molecular flexibility index (Phi) is 4.59. The van der Waals surface area contributed by atoms with E-state index < -0.39 is 0 Å². The molecule has 0 spiro atoms. The molecule has 6 heteroatoms. The van der Waals surface area contributed by atoms with E-state index in [-0.39, 0.29) is 23.9 Å². The average molecular weight is 399 g/mol. The minimum Gasteiger partial charge on any atom is -0.457 e. The summed E-state index contributed by atoms with van der Waals surface area (Å²) in [5, 5.41) is 6.05. The zero-order chi connectivity index (χ0) is 20.5. The molecule has 150 valence electrons. The van der Waals surface area contributed by atoms with Gasteiger partial charge in [-0.05, 0) is 42.8 Å². The fraction of sp³-hybridized carbons (Fsp3) is 0.167. The lowest BCUT2D eigenvalue weighted by Gasteiger charge is -2.32. The van der Waals surface area contributed by atoms with Crippen LogP contribution < -0.4 is 20.3 Å². The molecular weight excluding hydrogens is 378 g/mol. The smallest absolute Gasteiger partial charge is 0.255 e. The zero-order valence-electron chi connectivity index (χ0n) is 16.2. The van der Waals surface area contributed by atoms with Crippen LogP contribution in [0.5, 0.6) is 11.5 Å². The first-order valence-electron chi connectivity index (χ1n) is 9.98. The zero-order valence-corrected chi connectivity index (χ0v) is 16.2. The van der Waals surface area contributed by atoms with E-state index in [0.29, 0.717) is 30.0 Å². The Morgan fingerprint density at radius 2 is 1.70 bits per heavy atom. The second-order valence-corrected chi connectivity index (χ2v) is 7.49. The third-order valence-electron chi connectivity index (χ3n) is 5.51. The van der Waals surface area contributed by atoms with Gasteiger partial charge in [0.05, 0.1) is 16.9 Å². The maximum Gasteiger partial charge on any atom is 0.255 e. The summed E-state index contributed by atoms with van der Waals surface area (Å²) in [6.07, 6.45) is 0.563. The molecule has 30 heavy (non-hydrogen) atoms. The number of carbonyl (C=O) groups is 2. The minimum absolute atomic E-state index is 0.0294. The number of nitrogens with zero attached hydrogens (tertiary/aromatic N) is 1.